The molecule has 0 bridgehead atoms. The van der Waals surface area contributed by atoms with E-state index in [9.17, 15) is 14.7 Å². The van der Waals surface area contributed by atoms with Crippen molar-refractivity contribution < 1.29 is 5.11 Å². The number of H-pyrrole nitrogens is 1. The zero-order valence-corrected chi connectivity index (χ0v) is 7.49. The van der Waals surface area contributed by atoms with E-state index >= 15 is 0 Å². The van der Waals surface area contributed by atoms with Crippen LogP contribution in [0, 0.1) is 12.3 Å². The van der Waals surface area contributed by atoms with Gasteiger partial charge in [-0.15, -0.1) is 12.3 Å². The summed E-state index contributed by atoms with van der Waals surface area (Å²) in [5.74, 6) is 2.08. The summed E-state index contributed by atoms with van der Waals surface area (Å²) in [5.41, 5.74) is -1.23. The standard InChI is InChI=1S/C9H10N2O3/c1-2-3-4-5-11-8(13)6-7(12)10-9(11)14/h1,6,13H,3-5H2,(H,10,12,14). The molecular formula is C9H10N2O3. The van der Waals surface area contributed by atoms with E-state index in [-0.39, 0.29) is 5.88 Å². The Bertz CT molecular complexity index is 464. The molecule has 0 radical (unpaired) electrons. The van der Waals surface area contributed by atoms with Gasteiger partial charge in [0.25, 0.3) is 5.56 Å². The van der Waals surface area contributed by atoms with E-state index in [1.807, 2.05) is 4.98 Å². The van der Waals surface area contributed by atoms with Gasteiger partial charge in [-0.1, -0.05) is 0 Å². The summed E-state index contributed by atoms with van der Waals surface area (Å²) in [5, 5.41) is 9.26. The number of aromatic nitrogens is 2. The minimum absolute atomic E-state index is 0.297. The Hall–Kier alpha value is -1.96. The number of nitrogens with one attached hydrogen (secondary N) is 1. The fourth-order valence-corrected chi connectivity index (χ4v) is 1.06. The highest BCUT2D eigenvalue weighted by Gasteiger charge is 2.02. The van der Waals surface area contributed by atoms with Crippen LogP contribution in [-0.4, -0.2) is 14.7 Å². The molecule has 0 aromatic carbocycles. The normalized spacial score (nSPS) is 9.64. The Balaban J connectivity index is 2.93. The summed E-state index contributed by atoms with van der Waals surface area (Å²) in [6.45, 7) is 0.297. The largest absolute Gasteiger partial charge is 0.494 e. The van der Waals surface area contributed by atoms with Gasteiger partial charge in [-0.2, -0.15) is 0 Å². The number of aromatic hydroxyl groups is 1. The Morgan fingerprint density at radius 3 is 2.86 bits per heavy atom. The third kappa shape index (κ3) is 2.26. The number of rotatable bonds is 3. The maximum atomic E-state index is 11.2. The fourth-order valence-electron chi connectivity index (χ4n) is 1.06. The van der Waals surface area contributed by atoms with Crippen LogP contribution < -0.4 is 11.2 Å². The first kappa shape index (κ1) is 10.1. The smallest absolute Gasteiger partial charge is 0.331 e. The molecule has 5 nitrogen and oxygen atoms in total. The molecule has 0 saturated heterocycles. The first-order valence-corrected chi connectivity index (χ1v) is 4.11. The highest BCUT2D eigenvalue weighted by molar-refractivity contribution is 5.05. The van der Waals surface area contributed by atoms with E-state index in [4.69, 9.17) is 6.42 Å². The van der Waals surface area contributed by atoms with Gasteiger partial charge in [0.2, 0.25) is 5.88 Å². The van der Waals surface area contributed by atoms with E-state index < -0.39 is 11.2 Å². The Labute approximate surface area is 80.0 Å². The molecule has 0 aliphatic heterocycles. The Kier molecular flexibility index (Phi) is 3.13. The first-order valence-electron chi connectivity index (χ1n) is 4.11. The van der Waals surface area contributed by atoms with E-state index in [0.29, 0.717) is 19.4 Å². The van der Waals surface area contributed by atoms with Gasteiger partial charge in [-0.3, -0.25) is 14.3 Å². The van der Waals surface area contributed by atoms with Gasteiger partial charge in [0.15, 0.2) is 0 Å². The second-order valence-corrected chi connectivity index (χ2v) is 2.76. The van der Waals surface area contributed by atoms with Crippen molar-refractivity contribution >= 4 is 0 Å². The average molecular weight is 194 g/mol. The van der Waals surface area contributed by atoms with E-state index in [1.54, 1.807) is 0 Å². The lowest BCUT2D eigenvalue weighted by atomic mass is 10.3. The van der Waals surface area contributed by atoms with Gasteiger partial charge in [-0.05, 0) is 6.42 Å². The van der Waals surface area contributed by atoms with Crippen molar-refractivity contribution in [3.63, 3.8) is 0 Å². The van der Waals surface area contributed by atoms with Gasteiger partial charge in [0.05, 0.1) is 6.07 Å². The van der Waals surface area contributed by atoms with Gasteiger partial charge >= 0.3 is 5.69 Å². The van der Waals surface area contributed by atoms with Crippen molar-refractivity contribution in [3.05, 3.63) is 26.9 Å². The molecule has 0 fully saturated rings. The maximum Gasteiger partial charge on any atom is 0.331 e. The molecule has 1 aromatic heterocycles. The maximum absolute atomic E-state index is 11.2. The Morgan fingerprint density at radius 2 is 2.29 bits per heavy atom. The molecule has 0 saturated carbocycles. The molecule has 74 valence electrons. The summed E-state index contributed by atoms with van der Waals surface area (Å²) in [4.78, 5) is 23.9. The minimum Gasteiger partial charge on any atom is -0.494 e. The van der Waals surface area contributed by atoms with E-state index in [0.717, 1.165) is 10.6 Å². The zero-order chi connectivity index (χ0) is 10.6. The molecule has 0 spiro atoms. The zero-order valence-electron chi connectivity index (χ0n) is 7.49. The molecule has 5 heteroatoms. The molecule has 0 aliphatic rings. The third-order valence-corrected chi connectivity index (χ3v) is 1.71. The second kappa shape index (κ2) is 4.33. The predicted octanol–water partition coefficient (Wildman–Crippen LogP) is -0.344. The van der Waals surface area contributed by atoms with E-state index in [2.05, 4.69) is 5.92 Å². The molecule has 14 heavy (non-hydrogen) atoms. The third-order valence-electron chi connectivity index (χ3n) is 1.71. The summed E-state index contributed by atoms with van der Waals surface area (Å²) < 4.78 is 1.07. The molecule has 1 rings (SSSR count). The number of unbranched alkanes of at least 4 members (excludes halogenated alkanes) is 1. The van der Waals surface area contributed by atoms with Crippen molar-refractivity contribution in [2.45, 2.75) is 19.4 Å². The van der Waals surface area contributed by atoms with Crippen LogP contribution in [0.5, 0.6) is 5.88 Å². The number of hydrogen-bond donors (Lipinski definition) is 2. The van der Waals surface area contributed by atoms with Crippen molar-refractivity contribution in [1.29, 1.82) is 0 Å². The van der Waals surface area contributed by atoms with Crippen LogP contribution in [0.2, 0.25) is 0 Å². The fraction of sp³-hybridized carbons (Fsp3) is 0.333. The highest BCUT2D eigenvalue weighted by atomic mass is 16.3. The van der Waals surface area contributed by atoms with Crippen molar-refractivity contribution in [3.8, 4) is 18.2 Å². The number of nitrogens with zero attached hydrogens (tertiary/aromatic N) is 1. The Morgan fingerprint density at radius 1 is 1.57 bits per heavy atom. The molecule has 0 unspecified atom stereocenters. The van der Waals surface area contributed by atoms with Crippen molar-refractivity contribution in [1.82, 2.24) is 9.55 Å². The monoisotopic (exact) mass is 194 g/mol. The van der Waals surface area contributed by atoms with Crippen LogP contribution >= 0.6 is 0 Å². The number of aromatic amines is 1. The minimum atomic E-state index is -0.618. The number of terminal acetylenes is 1. The SMILES string of the molecule is C#CCCCn1c(O)cc(=O)[nH]c1=O. The van der Waals surface area contributed by atoms with Gasteiger partial charge < -0.3 is 5.11 Å². The summed E-state index contributed by atoms with van der Waals surface area (Å²) >= 11 is 0. The van der Waals surface area contributed by atoms with Gasteiger partial charge in [-0.25, -0.2) is 4.79 Å². The molecule has 1 aromatic rings. The summed E-state index contributed by atoms with van der Waals surface area (Å²) in [6, 6.07) is 0.956. The molecule has 0 atom stereocenters. The second-order valence-electron chi connectivity index (χ2n) is 2.76. The van der Waals surface area contributed by atoms with Crippen LogP contribution in [-0.2, 0) is 6.54 Å². The highest BCUT2D eigenvalue weighted by Crippen LogP contribution is 2.01. The van der Waals surface area contributed by atoms with Crippen molar-refractivity contribution in [2.75, 3.05) is 0 Å². The molecule has 0 amide bonds. The summed E-state index contributed by atoms with van der Waals surface area (Å²) in [6.07, 6.45) is 6.13. The topological polar surface area (TPSA) is 75.1 Å². The van der Waals surface area contributed by atoms with Crippen LogP contribution in [0.15, 0.2) is 15.7 Å². The average Bonchev–Trinajstić information content (AvgIpc) is 2.09. The molecule has 2 N–H and O–H groups in total. The summed E-state index contributed by atoms with van der Waals surface area (Å²) in [7, 11) is 0. The van der Waals surface area contributed by atoms with Gasteiger partial charge in [0, 0.05) is 13.0 Å². The number of hydrogen-bond acceptors (Lipinski definition) is 3. The van der Waals surface area contributed by atoms with Crippen molar-refractivity contribution in [2.24, 2.45) is 0 Å². The van der Waals surface area contributed by atoms with E-state index in [1.165, 1.54) is 0 Å². The molecule has 1 heterocycles. The lowest BCUT2D eigenvalue weighted by molar-refractivity contribution is 0.397. The van der Waals surface area contributed by atoms with Crippen LogP contribution in [0.1, 0.15) is 12.8 Å². The van der Waals surface area contributed by atoms with Crippen LogP contribution in [0.4, 0.5) is 0 Å². The first-order chi connectivity index (χ1) is 6.65. The van der Waals surface area contributed by atoms with Crippen LogP contribution in [0.3, 0.4) is 0 Å². The lowest BCUT2D eigenvalue weighted by Gasteiger charge is -2.04. The predicted molar refractivity (Wildman–Crippen MR) is 51.1 cm³/mol. The van der Waals surface area contributed by atoms with Gasteiger partial charge in [0.1, 0.15) is 0 Å². The van der Waals surface area contributed by atoms with Crippen LogP contribution in [0.25, 0.3) is 0 Å². The quantitative estimate of drug-likeness (QED) is 0.510. The molecular weight excluding hydrogens is 184 g/mol. The lowest BCUT2D eigenvalue weighted by Crippen LogP contribution is -2.29. The molecule has 0 aliphatic carbocycles.